The van der Waals surface area contributed by atoms with Crippen LogP contribution in [0.2, 0.25) is 0 Å². The lowest BCUT2D eigenvalue weighted by Gasteiger charge is -2.61. The lowest BCUT2D eigenvalue weighted by Crippen LogP contribution is -2.68. The summed E-state index contributed by atoms with van der Waals surface area (Å²) < 4.78 is 55.0. The number of fused-ring (bicyclic) bond motifs is 7. The highest BCUT2D eigenvalue weighted by Gasteiger charge is 2.69. The van der Waals surface area contributed by atoms with Gasteiger partial charge < -0.3 is 104 Å². The maximum Gasteiger partial charge on any atom is 0.187 e. The van der Waals surface area contributed by atoms with E-state index in [-0.39, 0.29) is 28.8 Å². The van der Waals surface area contributed by atoms with Gasteiger partial charge in [0.25, 0.3) is 0 Å². The minimum absolute atomic E-state index is 0.104. The summed E-state index contributed by atoms with van der Waals surface area (Å²) in [5.41, 5.74) is 0.147. The van der Waals surface area contributed by atoms with Crippen molar-refractivity contribution in [2.75, 3.05) is 33.0 Å². The Morgan fingerprint density at radius 1 is 0.542 bits per heavy atom. The lowest BCUT2D eigenvalue weighted by molar-refractivity contribution is -0.404. The van der Waals surface area contributed by atoms with E-state index in [9.17, 15) is 61.3 Å². The van der Waals surface area contributed by atoms with Gasteiger partial charge in [0, 0.05) is 12.5 Å². The highest BCUT2D eigenvalue weighted by molar-refractivity contribution is 5.16. The van der Waals surface area contributed by atoms with Gasteiger partial charge in [-0.25, -0.2) is 0 Å². The largest absolute Gasteiger partial charge is 0.394 e. The zero-order chi connectivity index (χ0) is 51.3. The number of aliphatic hydroxyl groups is 12. The van der Waals surface area contributed by atoms with E-state index in [4.69, 9.17) is 42.6 Å². The van der Waals surface area contributed by atoms with Gasteiger partial charge >= 0.3 is 0 Å². The number of hydrogen-bond donors (Lipinski definition) is 13. The summed E-state index contributed by atoms with van der Waals surface area (Å²) in [5.74, 6) is 3.87. The molecule has 414 valence electrons. The van der Waals surface area contributed by atoms with Crippen molar-refractivity contribution < 1.29 is 104 Å². The summed E-state index contributed by atoms with van der Waals surface area (Å²) in [6.07, 6.45) is -22.4. The van der Waals surface area contributed by atoms with E-state index < -0.39 is 143 Å². The second-order valence-corrected chi connectivity index (χ2v) is 24.0. The number of ether oxygens (including phenoxy) is 9. The van der Waals surface area contributed by atoms with Gasteiger partial charge in [-0.1, -0.05) is 27.7 Å². The summed E-state index contributed by atoms with van der Waals surface area (Å²) in [5, 5.41) is 133. The van der Waals surface area contributed by atoms with Crippen LogP contribution in [0, 0.1) is 52.3 Å². The van der Waals surface area contributed by atoms with E-state index in [1.165, 1.54) is 19.3 Å². The van der Waals surface area contributed by atoms with Gasteiger partial charge in [-0.15, -0.1) is 0 Å². The quantitative estimate of drug-likeness (QED) is 0.0937. The van der Waals surface area contributed by atoms with Gasteiger partial charge in [-0.3, -0.25) is 5.32 Å². The maximum atomic E-state index is 11.8. The van der Waals surface area contributed by atoms with E-state index >= 15 is 0 Å². The van der Waals surface area contributed by atoms with Crippen LogP contribution in [-0.4, -0.2) is 229 Å². The summed E-state index contributed by atoms with van der Waals surface area (Å²) in [6.45, 7) is 7.84. The summed E-state index contributed by atoms with van der Waals surface area (Å²) in [4.78, 5) is 0. The molecular weight excluding hydrogens is 951 g/mol. The maximum absolute atomic E-state index is 11.8. The Morgan fingerprint density at radius 2 is 1.17 bits per heavy atom. The number of aliphatic hydroxyl groups excluding tert-OH is 12. The van der Waals surface area contributed by atoms with E-state index in [1.807, 2.05) is 0 Å². The zero-order valence-corrected chi connectivity index (χ0v) is 41.8. The molecule has 72 heavy (non-hydrogen) atoms. The molecule has 31 atom stereocenters. The van der Waals surface area contributed by atoms with Crippen molar-refractivity contribution in [3.63, 3.8) is 0 Å². The Hall–Kier alpha value is -0.880. The van der Waals surface area contributed by atoms with Crippen LogP contribution in [0.4, 0.5) is 0 Å². The van der Waals surface area contributed by atoms with Crippen molar-refractivity contribution >= 4 is 0 Å². The Morgan fingerprint density at radius 3 is 1.88 bits per heavy atom. The average Bonchev–Trinajstić information content (AvgIpc) is 3.82. The Balaban J connectivity index is 0.812. The summed E-state index contributed by atoms with van der Waals surface area (Å²) in [6, 6.07) is 0. The van der Waals surface area contributed by atoms with Crippen LogP contribution in [0.15, 0.2) is 0 Å². The van der Waals surface area contributed by atoms with Crippen molar-refractivity contribution in [3.8, 4) is 0 Å². The molecule has 6 heterocycles. The molecule has 6 saturated heterocycles. The second kappa shape index (κ2) is 21.1. The predicted molar refractivity (Wildman–Crippen MR) is 244 cm³/mol. The Labute approximate surface area is 420 Å². The van der Waals surface area contributed by atoms with Gasteiger partial charge in [0.1, 0.15) is 97.3 Å². The average molecular weight is 1030 g/mol. The fourth-order valence-corrected chi connectivity index (χ4v) is 16.1. The molecule has 0 aromatic heterocycles. The molecule has 0 aromatic carbocycles. The Bertz CT molecular complexity index is 1830. The van der Waals surface area contributed by atoms with E-state index in [0.717, 1.165) is 45.1 Å². The first-order chi connectivity index (χ1) is 34.3. The molecular formula is C50H83NO21. The third-order valence-electron chi connectivity index (χ3n) is 20.2. The van der Waals surface area contributed by atoms with Crippen molar-refractivity contribution in [1.29, 1.82) is 0 Å². The minimum Gasteiger partial charge on any atom is -0.394 e. The van der Waals surface area contributed by atoms with Crippen molar-refractivity contribution in [2.45, 2.75) is 227 Å². The van der Waals surface area contributed by atoms with Gasteiger partial charge in [0.05, 0.1) is 38.6 Å². The Kier molecular flexibility index (Phi) is 15.9. The molecule has 6 unspecified atom stereocenters. The summed E-state index contributed by atoms with van der Waals surface area (Å²) in [7, 11) is 0. The van der Waals surface area contributed by atoms with Crippen LogP contribution in [0.1, 0.15) is 91.9 Å². The van der Waals surface area contributed by atoms with Gasteiger partial charge in [0.15, 0.2) is 25.2 Å². The molecule has 0 bridgehead atoms. The third-order valence-corrected chi connectivity index (χ3v) is 20.2. The fourth-order valence-electron chi connectivity index (χ4n) is 16.1. The fraction of sp³-hybridized carbons (Fsp3) is 1.00. The standard InChI is InChI=1S/C50H83NO21/c1-20-7-12-50(51-15-20)21(2)32-28(72-50)14-26-24-6-5-22-13-23(8-10-48(22,3)25(24)9-11-49(26,32)4)65-45-40(63)37(60)41(31(18-54)68-45)69-47-43(71-46-39(62)36(59)34(57)29(16-52)66-46)42(35(58)30(17-53)67-47)70-44-38(61)33(56)27(55)19-64-44/h20-47,51-63H,5-19H2,1-4H3/t20-,21-,22?,23-,24?,25?,26?,27+,28?,29+,30+,31+,32?,33-,34+,35+,36-,37+,38+,39+,40+,41-,42-,43+,44-,45+,46-,47+,48-,49-,50-/m0/s1. The smallest absolute Gasteiger partial charge is 0.187 e. The van der Waals surface area contributed by atoms with E-state index in [1.54, 1.807) is 0 Å². The van der Waals surface area contributed by atoms with Crippen LogP contribution < -0.4 is 5.32 Å². The first-order valence-corrected chi connectivity index (χ1v) is 26.8. The molecule has 22 heteroatoms. The lowest BCUT2D eigenvalue weighted by atomic mass is 9.44. The van der Waals surface area contributed by atoms with E-state index in [0.29, 0.717) is 47.8 Å². The van der Waals surface area contributed by atoms with Crippen LogP contribution >= 0.6 is 0 Å². The van der Waals surface area contributed by atoms with Crippen LogP contribution in [0.25, 0.3) is 0 Å². The van der Waals surface area contributed by atoms with E-state index in [2.05, 4.69) is 33.0 Å². The molecule has 0 amide bonds. The SMILES string of the molecule is C[C@H]1CC[C@]2(NC1)OC1CC3C4CCC5C[C@@H](O[C@@H]6O[C@H](CO)[C@H](O[C@H]7O[C@H](CO)[C@@H](O)[C@H](O[C@@H]8OC[C@@H](O)[C@H](O)[C@H]8O)[C@H]7O[C@@H]7O[C@H](CO)[C@@H](O)[C@H](O)[C@H]7O)[C@H](O)[C@H]6O)CC[C@]5(C)C4CC[C@]3(C)C1[C@@H]2C. The molecule has 13 N–H and O–H groups in total. The number of piperidine rings is 1. The molecule has 10 fully saturated rings. The molecule has 10 aliphatic rings. The molecule has 4 aliphatic carbocycles. The van der Waals surface area contributed by atoms with Crippen LogP contribution in [-0.2, 0) is 42.6 Å². The minimum atomic E-state index is -1.99. The monoisotopic (exact) mass is 1030 g/mol. The molecule has 10 rings (SSSR count). The topological polar surface area (TPSA) is 338 Å². The van der Waals surface area contributed by atoms with Crippen molar-refractivity contribution in [3.05, 3.63) is 0 Å². The summed E-state index contributed by atoms with van der Waals surface area (Å²) >= 11 is 0. The molecule has 0 aromatic rings. The molecule has 0 radical (unpaired) electrons. The zero-order valence-electron chi connectivity index (χ0n) is 41.8. The van der Waals surface area contributed by atoms with Gasteiger partial charge in [-0.2, -0.15) is 0 Å². The number of rotatable bonds is 11. The molecule has 4 saturated carbocycles. The molecule has 22 nitrogen and oxygen atoms in total. The highest BCUT2D eigenvalue weighted by atomic mass is 16.8. The molecule has 1 spiro atoms. The first-order valence-electron chi connectivity index (χ1n) is 26.8. The van der Waals surface area contributed by atoms with Gasteiger partial charge in [-0.05, 0) is 111 Å². The third kappa shape index (κ3) is 9.26. The molecule has 6 aliphatic heterocycles. The first kappa shape index (κ1) is 54.5. The number of nitrogens with one attached hydrogen (secondary N) is 1. The van der Waals surface area contributed by atoms with Crippen LogP contribution in [0.3, 0.4) is 0 Å². The van der Waals surface area contributed by atoms with Crippen molar-refractivity contribution in [2.24, 2.45) is 52.3 Å². The van der Waals surface area contributed by atoms with Crippen LogP contribution in [0.5, 0.6) is 0 Å². The normalized spacial score (nSPS) is 57.8. The van der Waals surface area contributed by atoms with Crippen molar-refractivity contribution in [1.82, 2.24) is 5.32 Å². The predicted octanol–water partition coefficient (Wildman–Crippen LogP) is -2.70. The highest BCUT2D eigenvalue weighted by Crippen LogP contribution is 2.71. The second-order valence-electron chi connectivity index (χ2n) is 24.0. The van der Waals surface area contributed by atoms with Gasteiger partial charge in [0.2, 0.25) is 0 Å². The number of hydrogen-bond acceptors (Lipinski definition) is 22.